The molecule has 2 aromatic rings. The molecule has 0 radical (unpaired) electrons. The lowest BCUT2D eigenvalue weighted by molar-refractivity contribution is -0.132. The lowest BCUT2D eigenvalue weighted by Crippen LogP contribution is -2.38. The third-order valence-corrected chi connectivity index (χ3v) is 6.64. The largest absolute Gasteiger partial charge is 0.343 e. The monoisotopic (exact) mass is 396 g/mol. The van der Waals surface area contributed by atoms with E-state index in [0.29, 0.717) is 18.9 Å². The molecule has 156 valence electrons. The van der Waals surface area contributed by atoms with Gasteiger partial charge in [-0.1, -0.05) is 0 Å². The molecule has 2 aliphatic heterocycles. The van der Waals surface area contributed by atoms with Crippen molar-refractivity contribution in [3.8, 4) is 0 Å². The molecular formula is C22H32N6O. The van der Waals surface area contributed by atoms with Crippen LogP contribution in [0, 0.1) is 20.8 Å². The fraction of sp³-hybridized carbons (Fsp3) is 0.636. The first-order valence-electron chi connectivity index (χ1n) is 10.7. The van der Waals surface area contributed by atoms with Gasteiger partial charge in [0, 0.05) is 74.6 Å². The minimum Gasteiger partial charge on any atom is -0.343 e. The SMILES string of the molecule is Cc1nn(CCC(=O)N2CCC(c3ncc4c(n3)CCN(C)C4)CC2)c(C)c1C. The van der Waals surface area contributed by atoms with Crippen LogP contribution < -0.4 is 0 Å². The van der Waals surface area contributed by atoms with Crippen LogP contribution in [0.5, 0.6) is 0 Å². The van der Waals surface area contributed by atoms with E-state index in [1.165, 1.54) is 16.8 Å². The van der Waals surface area contributed by atoms with Crippen molar-refractivity contribution < 1.29 is 4.79 Å². The topological polar surface area (TPSA) is 67.2 Å². The molecule has 0 unspecified atom stereocenters. The van der Waals surface area contributed by atoms with Crippen LogP contribution in [0.4, 0.5) is 0 Å². The van der Waals surface area contributed by atoms with E-state index in [-0.39, 0.29) is 5.91 Å². The average molecular weight is 397 g/mol. The molecule has 29 heavy (non-hydrogen) atoms. The Morgan fingerprint density at radius 2 is 1.93 bits per heavy atom. The summed E-state index contributed by atoms with van der Waals surface area (Å²) in [5.41, 5.74) is 5.90. The van der Waals surface area contributed by atoms with Crippen LogP contribution in [0.1, 0.15) is 59.2 Å². The van der Waals surface area contributed by atoms with Crippen molar-refractivity contribution >= 4 is 5.91 Å². The molecule has 7 heteroatoms. The van der Waals surface area contributed by atoms with E-state index < -0.39 is 0 Å². The maximum Gasteiger partial charge on any atom is 0.224 e. The predicted molar refractivity (Wildman–Crippen MR) is 112 cm³/mol. The van der Waals surface area contributed by atoms with Gasteiger partial charge in [-0.15, -0.1) is 0 Å². The number of aromatic nitrogens is 4. The molecule has 0 saturated carbocycles. The number of carbonyl (C=O) groups is 1. The van der Waals surface area contributed by atoms with Crippen molar-refractivity contribution in [3.05, 3.63) is 40.2 Å². The van der Waals surface area contributed by atoms with E-state index in [4.69, 9.17) is 4.98 Å². The molecule has 0 bridgehead atoms. The van der Waals surface area contributed by atoms with E-state index in [1.807, 2.05) is 22.7 Å². The summed E-state index contributed by atoms with van der Waals surface area (Å²) in [6.07, 6.45) is 5.42. The zero-order valence-electron chi connectivity index (χ0n) is 18.1. The zero-order valence-corrected chi connectivity index (χ0v) is 18.1. The highest BCUT2D eigenvalue weighted by molar-refractivity contribution is 5.76. The molecule has 0 aliphatic carbocycles. The van der Waals surface area contributed by atoms with Gasteiger partial charge >= 0.3 is 0 Å². The van der Waals surface area contributed by atoms with Gasteiger partial charge in [0.2, 0.25) is 5.91 Å². The number of amides is 1. The minimum atomic E-state index is 0.225. The third kappa shape index (κ3) is 4.20. The Bertz CT molecular complexity index is 897. The van der Waals surface area contributed by atoms with Gasteiger partial charge in [0.05, 0.1) is 5.69 Å². The van der Waals surface area contributed by atoms with Crippen molar-refractivity contribution in [2.24, 2.45) is 0 Å². The van der Waals surface area contributed by atoms with Crippen LogP contribution in [-0.4, -0.2) is 62.1 Å². The van der Waals surface area contributed by atoms with Crippen LogP contribution in [0.3, 0.4) is 0 Å². The molecule has 4 rings (SSSR count). The standard InChI is InChI=1S/C22H32N6O/c1-15-16(2)25-28(17(15)3)12-8-21(29)27-10-5-18(6-11-27)22-23-13-19-14-26(4)9-7-20(19)24-22/h13,18H,5-12,14H2,1-4H3. The molecule has 1 saturated heterocycles. The molecule has 0 aromatic carbocycles. The van der Waals surface area contributed by atoms with Crippen molar-refractivity contribution in [1.82, 2.24) is 29.5 Å². The fourth-order valence-corrected chi connectivity index (χ4v) is 4.42. The van der Waals surface area contributed by atoms with Crippen LogP contribution in [0.15, 0.2) is 6.20 Å². The molecule has 2 aromatic heterocycles. The number of rotatable bonds is 4. The number of carbonyl (C=O) groups excluding carboxylic acids is 1. The summed E-state index contributed by atoms with van der Waals surface area (Å²) < 4.78 is 1.97. The Kier molecular flexibility index (Phi) is 5.67. The first-order valence-corrected chi connectivity index (χ1v) is 10.7. The van der Waals surface area contributed by atoms with E-state index in [9.17, 15) is 4.79 Å². The molecule has 2 aliphatic rings. The zero-order chi connectivity index (χ0) is 20.5. The van der Waals surface area contributed by atoms with Crippen molar-refractivity contribution in [2.45, 2.75) is 65.5 Å². The maximum absolute atomic E-state index is 12.7. The van der Waals surface area contributed by atoms with Gasteiger partial charge in [-0.05, 0) is 46.2 Å². The highest BCUT2D eigenvalue weighted by atomic mass is 16.2. The van der Waals surface area contributed by atoms with Gasteiger partial charge in [-0.25, -0.2) is 9.97 Å². The molecule has 0 atom stereocenters. The van der Waals surface area contributed by atoms with E-state index >= 15 is 0 Å². The Hall–Kier alpha value is -2.28. The van der Waals surface area contributed by atoms with Crippen LogP contribution in [0.2, 0.25) is 0 Å². The van der Waals surface area contributed by atoms with E-state index in [2.05, 4.69) is 35.9 Å². The Morgan fingerprint density at radius 1 is 1.17 bits per heavy atom. The van der Waals surface area contributed by atoms with Gasteiger partial charge in [0.25, 0.3) is 0 Å². The first kappa shape index (κ1) is 20.0. The summed E-state index contributed by atoms with van der Waals surface area (Å²) in [5, 5.41) is 4.54. The number of likely N-dealkylation sites (tertiary alicyclic amines) is 1. The van der Waals surface area contributed by atoms with Gasteiger partial charge < -0.3 is 9.80 Å². The Balaban J connectivity index is 1.31. The fourth-order valence-electron chi connectivity index (χ4n) is 4.42. The van der Waals surface area contributed by atoms with E-state index in [1.54, 1.807) is 0 Å². The molecule has 7 nitrogen and oxygen atoms in total. The Labute approximate surface area is 173 Å². The summed E-state index contributed by atoms with van der Waals surface area (Å²) in [5.74, 6) is 1.56. The second kappa shape index (κ2) is 8.22. The van der Waals surface area contributed by atoms with Gasteiger partial charge in [-0.3, -0.25) is 9.48 Å². The lowest BCUT2D eigenvalue weighted by atomic mass is 9.95. The second-order valence-corrected chi connectivity index (χ2v) is 8.61. The molecule has 1 amide bonds. The maximum atomic E-state index is 12.7. The summed E-state index contributed by atoms with van der Waals surface area (Å²) in [4.78, 5) is 26.5. The van der Waals surface area contributed by atoms with Crippen LogP contribution in [0.25, 0.3) is 0 Å². The van der Waals surface area contributed by atoms with Gasteiger partial charge in [0.15, 0.2) is 0 Å². The number of hydrogen-bond donors (Lipinski definition) is 0. The summed E-state index contributed by atoms with van der Waals surface area (Å²) in [6.45, 7) is 10.4. The number of hydrogen-bond acceptors (Lipinski definition) is 5. The summed E-state index contributed by atoms with van der Waals surface area (Å²) in [6, 6.07) is 0. The van der Waals surface area contributed by atoms with Crippen molar-refractivity contribution in [3.63, 3.8) is 0 Å². The number of nitrogens with zero attached hydrogens (tertiary/aromatic N) is 6. The average Bonchev–Trinajstić information content (AvgIpc) is 2.98. The molecule has 0 N–H and O–H groups in total. The summed E-state index contributed by atoms with van der Waals surface area (Å²) in [7, 11) is 2.14. The number of fused-ring (bicyclic) bond motifs is 1. The normalized spacial score (nSPS) is 18.1. The smallest absolute Gasteiger partial charge is 0.224 e. The second-order valence-electron chi connectivity index (χ2n) is 8.61. The minimum absolute atomic E-state index is 0.225. The molecule has 4 heterocycles. The Morgan fingerprint density at radius 3 is 2.62 bits per heavy atom. The van der Waals surface area contributed by atoms with E-state index in [0.717, 1.165) is 62.7 Å². The molecule has 1 fully saturated rings. The quantitative estimate of drug-likeness (QED) is 0.794. The highest BCUT2D eigenvalue weighted by Crippen LogP contribution is 2.27. The first-order chi connectivity index (χ1) is 13.9. The van der Waals surface area contributed by atoms with Crippen molar-refractivity contribution in [2.75, 3.05) is 26.7 Å². The van der Waals surface area contributed by atoms with Crippen LogP contribution in [-0.2, 0) is 24.3 Å². The van der Waals surface area contributed by atoms with Gasteiger partial charge in [0.1, 0.15) is 5.82 Å². The number of piperidine rings is 1. The predicted octanol–water partition coefficient (Wildman–Crippen LogP) is 2.38. The molecular weight excluding hydrogens is 364 g/mol. The van der Waals surface area contributed by atoms with Crippen molar-refractivity contribution in [1.29, 1.82) is 0 Å². The highest BCUT2D eigenvalue weighted by Gasteiger charge is 2.26. The van der Waals surface area contributed by atoms with Gasteiger partial charge in [-0.2, -0.15) is 5.10 Å². The third-order valence-electron chi connectivity index (χ3n) is 6.64. The summed E-state index contributed by atoms with van der Waals surface area (Å²) >= 11 is 0. The number of likely N-dealkylation sites (N-methyl/N-ethyl adjacent to an activating group) is 1. The lowest BCUT2D eigenvalue weighted by Gasteiger charge is -2.32. The number of aryl methyl sites for hydroxylation is 2. The van der Waals surface area contributed by atoms with Crippen LogP contribution >= 0.6 is 0 Å². The molecule has 0 spiro atoms.